The minimum Gasteiger partial charge on any atom is -0.455 e. The Kier molecular flexibility index (Phi) is 7.88. The number of aromatic nitrogens is 3. The first kappa shape index (κ1) is 36.0. The van der Waals surface area contributed by atoms with E-state index in [2.05, 4.69) is 176 Å². The summed E-state index contributed by atoms with van der Waals surface area (Å²) in [6.45, 7) is 0. The van der Waals surface area contributed by atoms with Crippen molar-refractivity contribution in [3.8, 4) is 45.3 Å². The summed E-state index contributed by atoms with van der Waals surface area (Å²) in [5.41, 5.74) is 10.8. The summed E-state index contributed by atoms with van der Waals surface area (Å²) in [7, 11) is 0. The number of nitrogens with zero attached hydrogens (tertiary/aromatic N) is 3. The number of aryl methyl sites for hydroxylation is 1. The van der Waals surface area contributed by atoms with Gasteiger partial charge in [0.15, 0.2) is 17.5 Å². The van der Waals surface area contributed by atoms with Crippen molar-refractivity contribution in [2.24, 2.45) is 0 Å². The molecule has 0 N–H and O–H groups in total. The van der Waals surface area contributed by atoms with Gasteiger partial charge >= 0.3 is 0 Å². The molecule has 4 heterocycles. The van der Waals surface area contributed by atoms with Crippen LogP contribution >= 0.6 is 22.7 Å². The number of thiophene rings is 2. The number of hydrogen-bond donors (Lipinski definition) is 0. The summed E-state index contributed by atoms with van der Waals surface area (Å²) in [6.07, 6.45) is 1.84. The Morgan fingerprint density at radius 1 is 0.422 bits per heavy atom. The van der Waals surface area contributed by atoms with Crippen LogP contribution in [0, 0.1) is 0 Å². The molecule has 300 valence electrons. The molecule has 9 aromatic carbocycles. The third-order valence-corrected chi connectivity index (χ3v) is 15.7. The monoisotopic (exact) mass is 853 g/mol. The highest BCUT2D eigenvalue weighted by atomic mass is 32.1. The molecule has 0 saturated carbocycles. The lowest BCUT2D eigenvalue weighted by Crippen LogP contribution is -2.07. The molecule has 4 aromatic heterocycles. The van der Waals surface area contributed by atoms with E-state index in [-0.39, 0.29) is 5.92 Å². The van der Waals surface area contributed by atoms with Crippen molar-refractivity contribution >= 4 is 95.7 Å². The Morgan fingerprint density at radius 2 is 1.00 bits per heavy atom. The molecule has 0 fully saturated rings. The molecule has 14 rings (SSSR count). The minimum absolute atomic E-state index is 0.0324. The van der Waals surface area contributed by atoms with E-state index in [1.165, 1.54) is 73.4 Å². The molecule has 0 bridgehead atoms. The van der Waals surface area contributed by atoms with Gasteiger partial charge in [-0.15, -0.1) is 22.7 Å². The van der Waals surface area contributed by atoms with Crippen LogP contribution in [0.2, 0.25) is 0 Å². The second-order valence-electron chi connectivity index (χ2n) is 17.0. The fourth-order valence-electron chi connectivity index (χ4n) is 10.4. The molecule has 1 aliphatic rings. The van der Waals surface area contributed by atoms with Crippen molar-refractivity contribution in [2.75, 3.05) is 0 Å². The molecule has 1 atom stereocenters. The molecule has 1 unspecified atom stereocenters. The van der Waals surface area contributed by atoms with Crippen LogP contribution in [0.4, 0.5) is 0 Å². The third kappa shape index (κ3) is 5.56. The Hall–Kier alpha value is -7.51. The number of furan rings is 1. The largest absolute Gasteiger partial charge is 0.455 e. The third-order valence-electron chi connectivity index (χ3n) is 13.4. The van der Waals surface area contributed by atoms with Gasteiger partial charge in [-0.25, -0.2) is 15.0 Å². The molecular weight excluding hydrogens is 819 g/mol. The van der Waals surface area contributed by atoms with Gasteiger partial charge in [0, 0.05) is 68.2 Å². The average Bonchev–Trinajstić information content (AvgIpc) is 4.01. The van der Waals surface area contributed by atoms with E-state index in [9.17, 15) is 0 Å². The van der Waals surface area contributed by atoms with E-state index in [0.717, 1.165) is 57.0 Å². The molecule has 0 saturated heterocycles. The summed E-state index contributed by atoms with van der Waals surface area (Å²) in [5.74, 6) is 1.90. The highest BCUT2D eigenvalue weighted by molar-refractivity contribution is 7.26. The van der Waals surface area contributed by atoms with Crippen molar-refractivity contribution in [1.29, 1.82) is 0 Å². The lowest BCUT2D eigenvalue weighted by molar-refractivity contribution is 0.666. The normalized spacial score (nSPS) is 14.0. The van der Waals surface area contributed by atoms with Crippen molar-refractivity contribution in [1.82, 2.24) is 15.0 Å². The van der Waals surface area contributed by atoms with Gasteiger partial charge in [0.25, 0.3) is 0 Å². The van der Waals surface area contributed by atoms with Crippen LogP contribution in [0.25, 0.3) is 118 Å². The van der Waals surface area contributed by atoms with Gasteiger partial charge in [0.05, 0.1) is 5.56 Å². The maximum Gasteiger partial charge on any atom is 0.168 e. The van der Waals surface area contributed by atoms with Crippen LogP contribution in [-0.4, -0.2) is 15.0 Å². The SMILES string of the molecule is c1ccc2c(c1)-c1cc3ccccc3cc1CCC2c1ccc2c(oc3ccccc32)c1-c1nc(-c2ccc3sc4ccccc4c3c2)nc(-c2ccc3sc4ccccc4c3c2)n1. The van der Waals surface area contributed by atoms with Crippen LogP contribution in [0.5, 0.6) is 0 Å². The molecular formula is C58H35N3OS2. The van der Waals surface area contributed by atoms with Crippen molar-refractivity contribution in [3.63, 3.8) is 0 Å². The molecule has 0 radical (unpaired) electrons. The predicted molar refractivity (Wildman–Crippen MR) is 269 cm³/mol. The second-order valence-corrected chi connectivity index (χ2v) is 19.1. The maximum atomic E-state index is 6.99. The first-order valence-electron chi connectivity index (χ1n) is 21.8. The zero-order valence-electron chi connectivity index (χ0n) is 34.4. The van der Waals surface area contributed by atoms with Gasteiger partial charge in [-0.1, -0.05) is 121 Å². The maximum absolute atomic E-state index is 6.99. The molecule has 6 heteroatoms. The van der Waals surface area contributed by atoms with E-state index < -0.39 is 0 Å². The number of rotatable bonds is 4. The summed E-state index contributed by atoms with van der Waals surface area (Å²) >= 11 is 3.63. The predicted octanol–water partition coefficient (Wildman–Crippen LogP) is 16.4. The summed E-state index contributed by atoms with van der Waals surface area (Å²) in [5, 5.41) is 9.54. The molecule has 0 amide bonds. The zero-order valence-corrected chi connectivity index (χ0v) is 36.0. The first-order chi connectivity index (χ1) is 31.7. The van der Waals surface area contributed by atoms with Crippen LogP contribution in [0.3, 0.4) is 0 Å². The number of fused-ring (bicyclic) bond motifs is 13. The van der Waals surface area contributed by atoms with Crippen LogP contribution in [-0.2, 0) is 6.42 Å². The van der Waals surface area contributed by atoms with Crippen LogP contribution in [0.1, 0.15) is 29.0 Å². The fourth-order valence-corrected chi connectivity index (χ4v) is 12.5. The Morgan fingerprint density at radius 3 is 1.72 bits per heavy atom. The van der Waals surface area contributed by atoms with Gasteiger partial charge in [-0.05, 0) is 112 Å². The van der Waals surface area contributed by atoms with Crippen molar-refractivity contribution < 1.29 is 4.42 Å². The van der Waals surface area contributed by atoms with E-state index in [4.69, 9.17) is 19.4 Å². The van der Waals surface area contributed by atoms with Gasteiger partial charge in [-0.3, -0.25) is 0 Å². The van der Waals surface area contributed by atoms with Crippen molar-refractivity contribution in [2.45, 2.75) is 18.8 Å². The molecule has 64 heavy (non-hydrogen) atoms. The van der Waals surface area contributed by atoms with E-state index in [1.54, 1.807) is 0 Å². The highest BCUT2D eigenvalue weighted by Crippen LogP contribution is 2.48. The lowest BCUT2D eigenvalue weighted by atomic mass is 9.82. The second kappa shape index (κ2) is 14.0. The molecule has 0 spiro atoms. The van der Waals surface area contributed by atoms with Gasteiger partial charge in [0.1, 0.15) is 11.2 Å². The quantitative estimate of drug-likeness (QED) is 0.177. The summed E-state index contributed by atoms with van der Waals surface area (Å²) in [4.78, 5) is 16.4. The van der Waals surface area contributed by atoms with Gasteiger partial charge < -0.3 is 4.42 Å². The smallest absolute Gasteiger partial charge is 0.168 e. The molecule has 13 aromatic rings. The Bertz CT molecular complexity index is 3930. The fraction of sp³-hybridized carbons (Fsp3) is 0.0517. The van der Waals surface area contributed by atoms with Gasteiger partial charge in [-0.2, -0.15) is 0 Å². The van der Waals surface area contributed by atoms with E-state index in [1.807, 2.05) is 28.7 Å². The standard InChI is InChI=1S/C58H35N3OS2/c1-2-12-34-30-46-35(29-33(34)11-1)21-24-40(38-13-3-4-14-39(38)46)44-25-26-45-41-15-5-8-18-49(41)62-55(45)54(44)58-60-56(36-22-27-52-47(31-36)42-16-6-9-19-50(42)63-52)59-57(61-58)37-23-28-53-48(32-37)43-17-7-10-20-51(43)64-53/h1-20,22-23,25-32,40H,21,24H2. The number of para-hydroxylation sites is 1. The van der Waals surface area contributed by atoms with Crippen LogP contribution in [0.15, 0.2) is 186 Å². The Labute approximate surface area is 375 Å². The number of benzene rings is 9. The highest BCUT2D eigenvalue weighted by Gasteiger charge is 2.30. The topological polar surface area (TPSA) is 51.8 Å². The molecule has 1 aliphatic carbocycles. The zero-order chi connectivity index (χ0) is 41.9. The molecule has 0 aliphatic heterocycles. The summed E-state index contributed by atoms with van der Waals surface area (Å²) < 4.78 is 12.0. The average molecular weight is 854 g/mol. The van der Waals surface area contributed by atoms with E-state index >= 15 is 0 Å². The number of hydrogen-bond acceptors (Lipinski definition) is 6. The molecule has 4 nitrogen and oxygen atoms in total. The van der Waals surface area contributed by atoms with E-state index in [0.29, 0.717) is 17.5 Å². The van der Waals surface area contributed by atoms with Gasteiger partial charge in [0.2, 0.25) is 0 Å². The van der Waals surface area contributed by atoms with Crippen LogP contribution < -0.4 is 0 Å². The van der Waals surface area contributed by atoms with Crippen molar-refractivity contribution in [3.05, 3.63) is 199 Å². The first-order valence-corrected chi connectivity index (χ1v) is 23.5. The summed E-state index contributed by atoms with van der Waals surface area (Å²) in [6, 6.07) is 66.0. The minimum atomic E-state index is 0.0324. The Balaban J connectivity index is 1.04. The lowest BCUT2D eigenvalue weighted by Gasteiger charge is -2.22.